The third kappa shape index (κ3) is 5.79. The van der Waals surface area contributed by atoms with Crippen molar-refractivity contribution in [3.8, 4) is 11.5 Å². The molecule has 1 N–H and O–H groups in total. The summed E-state index contributed by atoms with van der Waals surface area (Å²) in [6.45, 7) is 3.00. The molecule has 0 saturated carbocycles. The van der Waals surface area contributed by atoms with Crippen molar-refractivity contribution in [3.05, 3.63) is 78.4 Å². The smallest absolute Gasteiger partial charge is 0.264 e. The van der Waals surface area contributed by atoms with Gasteiger partial charge >= 0.3 is 0 Å². The van der Waals surface area contributed by atoms with Gasteiger partial charge in [-0.3, -0.25) is 9.10 Å². The third-order valence-electron chi connectivity index (χ3n) is 6.80. The number of hydrogen-bond acceptors (Lipinski definition) is 7. The Morgan fingerprint density at radius 2 is 1.60 bits per heavy atom. The van der Waals surface area contributed by atoms with E-state index in [1.807, 2.05) is 6.92 Å². The van der Waals surface area contributed by atoms with Gasteiger partial charge in [-0.25, -0.2) is 16.8 Å². The number of anilines is 1. The summed E-state index contributed by atoms with van der Waals surface area (Å²) in [6.07, 6.45) is 0.666. The highest BCUT2D eigenvalue weighted by molar-refractivity contribution is 7.92. The van der Waals surface area contributed by atoms with Crippen LogP contribution in [0.3, 0.4) is 0 Å². The first-order valence-corrected chi connectivity index (χ1v) is 15.9. The number of ether oxygens (including phenoxy) is 2. The lowest BCUT2D eigenvalue weighted by Gasteiger charge is -2.35. The van der Waals surface area contributed by atoms with Crippen LogP contribution in [0, 0.1) is 6.92 Å². The predicted molar refractivity (Wildman–Crippen MR) is 150 cm³/mol. The maximum Gasteiger partial charge on any atom is 0.264 e. The molecular formula is C28H31N3O7S2. The summed E-state index contributed by atoms with van der Waals surface area (Å²) in [5.41, 5.74) is 1.24. The van der Waals surface area contributed by atoms with E-state index in [-0.39, 0.29) is 29.5 Å². The average molecular weight is 586 g/mol. The summed E-state index contributed by atoms with van der Waals surface area (Å²) >= 11 is 0. The number of hydrogen-bond donors (Lipinski definition) is 1. The highest BCUT2D eigenvalue weighted by Crippen LogP contribution is 2.37. The minimum absolute atomic E-state index is 0.121. The number of carbonyl (C=O) groups is 1. The summed E-state index contributed by atoms with van der Waals surface area (Å²) in [5, 5.41) is 2.74. The van der Waals surface area contributed by atoms with E-state index in [2.05, 4.69) is 5.32 Å². The van der Waals surface area contributed by atoms with Crippen molar-refractivity contribution in [3.63, 3.8) is 0 Å². The molecule has 3 aromatic rings. The van der Waals surface area contributed by atoms with E-state index < -0.39 is 32.1 Å². The maximum absolute atomic E-state index is 13.5. The van der Waals surface area contributed by atoms with E-state index in [4.69, 9.17) is 9.47 Å². The maximum atomic E-state index is 13.5. The predicted octanol–water partition coefficient (Wildman–Crippen LogP) is 2.93. The molecule has 1 saturated heterocycles. The molecule has 0 unspecified atom stereocenters. The van der Waals surface area contributed by atoms with Gasteiger partial charge in [0.1, 0.15) is 18.1 Å². The van der Waals surface area contributed by atoms with Crippen LogP contribution in [0.15, 0.2) is 82.6 Å². The molecule has 212 valence electrons. The van der Waals surface area contributed by atoms with Crippen LogP contribution >= 0.6 is 0 Å². The van der Waals surface area contributed by atoms with Crippen LogP contribution < -0.4 is 19.1 Å². The lowest BCUT2D eigenvalue weighted by atomic mass is 10.1. The van der Waals surface area contributed by atoms with Gasteiger partial charge in [0, 0.05) is 13.1 Å². The van der Waals surface area contributed by atoms with Crippen molar-refractivity contribution in [1.29, 1.82) is 0 Å². The first-order chi connectivity index (χ1) is 19.2. The fourth-order valence-corrected chi connectivity index (χ4v) is 7.69. The fourth-order valence-electron chi connectivity index (χ4n) is 4.69. The molecule has 2 aliphatic heterocycles. The topological polar surface area (TPSA) is 122 Å². The summed E-state index contributed by atoms with van der Waals surface area (Å²) < 4.78 is 66.6. The van der Waals surface area contributed by atoms with E-state index in [9.17, 15) is 21.6 Å². The van der Waals surface area contributed by atoms with Gasteiger partial charge in [0.2, 0.25) is 10.0 Å². The number of benzene rings is 3. The van der Waals surface area contributed by atoms with Gasteiger partial charge in [0.25, 0.3) is 15.9 Å². The van der Waals surface area contributed by atoms with Gasteiger partial charge in [-0.1, -0.05) is 24.3 Å². The van der Waals surface area contributed by atoms with Crippen LogP contribution in [0.4, 0.5) is 5.69 Å². The summed E-state index contributed by atoms with van der Waals surface area (Å²) in [5.74, 6) is 0.292. The lowest BCUT2D eigenvalue weighted by molar-refractivity contribution is -0.127. The number of rotatable bonds is 9. The van der Waals surface area contributed by atoms with Gasteiger partial charge < -0.3 is 14.8 Å². The molecule has 2 heterocycles. The van der Waals surface area contributed by atoms with E-state index >= 15 is 0 Å². The number of amides is 1. The zero-order valence-corrected chi connectivity index (χ0v) is 23.7. The van der Waals surface area contributed by atoms with E-state index in [0.717, 1.165) is 18.4 Å². The molecule has 40 heavy (non-hydrogen) atoms. The molecule has 1 fully saturated rings. The summed E-state index contributed by atoms with van der Waals surface area (Å²) in [6, 6.07) is 19.4. The van der Waals surface area contributed by atoms with E-state index in [1.54, 1.807) is 48.5 Å². The third-order valence-corrected chi connectivity index (χ3v) is 10.5. The second kappa shape index (κ2) is 11.5. The molecule has 1 atom stereocenters. The number of nitrogens with one attached hydrogen (secondary N) is 1. The van der Waals surface area contributed by atoms with Gasteiger partial charge in [-0.05, 0) is 73.9 Å². The zero-order chi connectivity index (χ0) is 28.3. The first-order valence-electron chi connectivity index (χ1n) is 13.0. The standard InChI is InChI=1S/C28H31N3O7S2/c1-21-9-14-26-25(19-21)31(40(35,36)23-7-3-2-4-8-23)20-27(38-26)28(32)29-15-18-37-22-10-12-24(13-11-22)39(33,34)30-16-5-6-17-30/h2-4,7-14,19,27H,5-6,15-18,20H2,1H3,(H,29,32)/t27-/m0/s1. The molecule has 0 spiro atoms. The molecule has 3 aromatic carbocycles. The van der Waals surface area contributed by atoms with Gasteiger partial charge in [-0.2, -0.15) is 4.31 Å². The Morgan fingerprint density at radius 1 is 0.925 bits per heavy atom. The highest BCUT2D eigenvalue weighted by atomic mass is 32.2. The van der Waals surface area contributed by atoms with E-state index in [1.165, 1.54) is 32.9 Å². The van der Waals surface area contributed by atoms with Crippen molar-refractivity contribution < 1.29 is 31.1 Å². The number of sulfonamides is 2. The van der Waals surface area contributed by atoms with Crippen LogP contribution in [-0.2, 0) is 24.8 Å². The van der Waals surface area contributed by atoms with Crippen molar-refractivity contribution in [1.82, 2.24) is 9.62 Å². The van der Waals surface area contributed by atoms with Gasteiger partial charge in [0.05, 0.1) is 28.6 Å². The molecule has 0 aliphatic carbocycles. The second-order valence-corrected chi connectivity index (χ2v) is 13.4. The van der Waals surface area contributed by atoms with Gasteiger partial charge in [0.15, 0.2) is 6.10 Å². The minimum atomic E-state index is -3.94. The molecule has 0 bridgehead atoms. The molecule has 5 rings (SSSR count). The molecule has 0 radical (unpaired) electrons. The molecular weight excluding hydrogens is 554 g/mol. The van der Waals surface area contributed by atoms with Crippen molar-refractivity contribution >= 4 is 31.6 Å². The molecule has 10 nitrogen and oxygen atoms in total. The first kappa shape index (κ1) is 27.9. The molecule has 1 amide bonds. The Bertz CT molecular complexity index is 1570. The normalized spacial score (nSPS) is 17.6. The Hall–Kier alpha value is -3.61. The largest absolute Gasteiger partial charge is 0.492 e. The van der Waals surface area contributed by atoms with Crippen LogP contribution in [0.1, 0.15) is 18.4 Å². The minimum Gasteiger partial charge on any atom is -0.492 e. The molecule has 12 heteroatoms. The number of nitrogens with zero attached hydrogens (tertiary/aromatic N) is 2. The van der Waals surface area contributed by atoms with Crippen molar-refractivity contribution in [2.24, 2.45) is 0 Å². The SMILES string of the molecule is Cc1ccc2c(c1)N(S(=O)(=O)c1ccccc1)C[C@@H](C(=O)NCCOc1ccc(S(=O)(=O)N3CCCC3)cc1)O2. The van der Waals surface area contributed by atoms with Crippen LogP contribution in [-0.4, -0.2) is 65.9 Å². The van der Waals surface area contributed by atoms with Crippen LogP contribution in [0.25, 0.3) is 0 Å². The Labute approximate surface area is 234 Å². The summed E-state index contributed by atoms with van der Waals surface area (Å²) in [7, 11) is -7.44. The number of aryl methyl sites for hydroxylation is 1. The Kier molecular flexibility index (Phi) is 8.02. The highest BCUT2D eigenvalue weighted by Gasteiger charge is 2.37. The second-order valence-electron chi connectivity index (χ2n) is 9.65. The Balaban J connectivity index is 1.20. The molecule has 2 aliphatic rings. The Morgan fingerprint density at radius 3 is 2.30 bits per heavy atom. The number of fused-ring (bicyclic) bond motifs is 1. The lowest BCUT2D eigenvalue weighted by Crippen LogP contribution is -2.51. The van der Waals surface area contributed by atoms with Crippen molar-refractivity contribution in [2.45, 2.75) is 35.7 Å². The van der Waals surface area contributed by atoms with Crippen LogP contribution in [0.5, 0.6) is 11.5 Å². The monoisotopic (exact) mass is 585 g/mol. The molecule has 0 aromatic heterocycles. The fraction of sp³-hybridized carbons (Fsp3) is 0.321. The van der Waals surface area contributed by atoms with Crippen LogP contribution in [0.2, 0.25) is 0 Å². The van der Waals surface area contributed by atoms with E-state index in [0.29, 0.717) is 30.3 Å². The zero-order valence-electron chi connectivity index (χ0n) is 22.0. The number of carbonyl (C=O) groups excluding carboxylic acids is 1. The summed E-state index contributed by atoms with van der Waals surface area (Å²) in [4.78, 5) is 13.3. The quantitative estimate of drug-likeness (QED) is 0.383. The average Bonchev–Trinajstić information content (AvgIpc) is 3.52. The van der Waals surface area contributed by atoms with Crippen molar-refractivity contribution in [2.75, 3.05) is 37.1 Å². The van der Waals surface area contributed by atoms with Gasteiger partial charge in [-0.15, -0.1) is 0 Å².